The molecule has 0 aliphatic carbocycles. The van der Waals surface area contributed by atoms with Crippen LogP contribution in [0.3, 0.4) is 0 Å². The van der Waals surface area contributed by atoms with E-state index in [1.807, 2.05) is 19.1 Å². The van der Waals surface area contributed by atoms with Crippen molar-refractivity contribution in [2.75, 3.05) is 11.9 Å². The Morgan fingerprint density at radius 2 is 1.69 bits per heavy atom. The first-order valence-corrected chi connectivity index (χ1v) is 9.73. The molecular formula is C19H20N2O4S. The van der Waals surface area contributed by atoms with Crippen LogP contribution in [0, 0.1) is 6.92 Å². The van der Waals surface area contributed by atoms with Crippen LogP contribution in [0.4, 0.5) is 5.69 Å². The van der Waals surface area contributed by atoms with E-state index in [0.717, 1.165) is 9.87 Å². The number of hydrogen-bond donors (Lipinski definition) is 0. The molecule has 26 heavy (non-hydrogen) atoms. The number of amides is 2. The molecule has 136 valence electrons. The van der Waals surface area contributed by atoms with Gasteiger partial charge in [0, 0.05) is 19.2 Å². The van der Waals surface area contributed by atoms with Gasteiger partial charge in [0.15, 0.2) is 0 Å². The first kappa shape index (κ1) is 18.1. The van der Waals surface area contributed by atoms with Crippen LogP contribution in [0.2, 0.25) is 0 Å². The molecule has 0 spiro atoms. The Morgan fingerprint density at radius 3 is 2.31 bits per heavy atom. The Labute approximate surface area is 153 Å². The number of benzene rings is 2. The van der Waals surface area contributed by atoms with Gasteiger partial charge in [0.1, 0.15) is 6.04 Å². The largest absolute Gasteiger partial charge is 0.314 e. The van der Waals surface area contributed by atoms with E-state index in [4.69, 9.17) is 0 Å². The molecule has 1 heterocycles. The van der Waals surface area contributed by atoms with E-state index in [1.54, 1.807) is 37.4 Å². The predicted octanol–water partition coefficient (Wildman–Crippen LogP) is 2.34. The third-order valence-electron chi connectivity index (χ3n) is 4.50. The molecule has 0 saturated carbocycles. The third kappa shape index (κ3) is 3.22. The van der Waals surface area contributed by atoms with Gasteiger partial charge in [-0.05, 0) is 37.6 Å². The van der Waals surface area contributed by atoms with Gasteiger partial charge in [-0.25, -0.2) is 12.7 Å². The second-order valence-electron chi connectivity index (χ2n) is 6.29. The topological polar surface area (TPSA) is 74.8 Å². The number of nitrogens with zero attached hydrogens (tertiary/aromatic N) is 2. The fraction of sp³-hybridized carbons (Fsp3) is 0.263. The lowest BCUT2D eigenvalue weighted by Gasteiger charge is -2.27. The van der Waals surface area contributed by atoms with Gasteiger partial charge in [0.05, 0.1) is 4.90 Å². The summed E-state index contributed by atoms with van der Waals surface area (Å²) in [5.74, 6) is -0.969. The van der Waals surface area contributed by atoms with Gasteiger partial charge in [-0.15, -0.1) is 0 Å². The standard InChI is InChI=1S/C19H20N2O4S/c1-14-8-10-15(11-9-14)20(2)19(23)17-12-13-18(22)21(17)26(24,25)16-6-4-3-5-7-16/h3-11,17H,12-13H2,1-2H3/t17-/m1/s1. The summed E-state index contributed by atoms with van der Waals surface area (Å²) in [6.45, 7) is 1.94. The summed E-state index contributed by atoms with van der Waals surface area (Å²) in [7, 11) is -2.48. The van der Waals surface area contributed by atoms with Crippen molar-refractivity contribution in [1.29, 1.82) is 0 Å². The van der Waals surface area contributed by atoms with E-state index in [-0.39, 0.29) is 17.7 Å². The van der Waals surface area contributed by atoms with Crippen molar-refractivity contribution in [1.82, 2.24) is 4.31 Å². The second-order valence-corrected chi connectivity index (χ2v) is 8.11. The summed E-state index contributed by atoms with van der Waals surface area (Å²) in [5, 5.41) is 0. The SMILES string of the molecule is Cc1ccc(N(C)C(=O)[C@H]2CCC(=O)N2S(=O)(=O)c2ccccc2)cc1. The molecule has 0 radical (unpaired) electrons. The van der Waals surface area contributed by atoms with E-state index in [0.29, 0.717) is 5.69 Å². The molecule has 2 aromatic carbocycles. The fourth-order valence-electron chi connectivity index (χ4n) is 3.01. The molecule has 0 N–H and O–H groups in total. The summed E-state index contributed by atoms with van der Waals surface area (Å²) in [6.07, 6.45) is 0.212. The van der Waals surface area contributed by atoms with Gasteiger partial charge in [0.2, 0.25) is 5.91 Å². The first-order chi connectivity index (χ1) is 12.3. The second kappa shape index (κ2) is 6.92. The van der Waals surface area contributed by atoms with Crippen molar-refractivity contribution in [3.63, 3.8) is 0 Å². The van der Waals surface area contributed by atoms with Crippen LogP contribution in [-0.4, -0.2) is 37.6 Å². The van der Waals surface area contributed by atoms with Gasteiger partial charge < -0.3 is 4.90 Å². The molecular weight excluding hydrogens is 352 g/mol. The minimum absolute atomic E-state index is 0.00559. The number of hydrogen-bond acceptors (Lipinski definition) is 4. The van der Waals surface area contributed by atoms with Crippen LogP contribution in [0.25, 0.3) is 0 Å². The normalized spacial score (nSPS) is 17.4. The molecule has 6 nitrogen and oxygen atoms in total. The Morgan fingerprint density at radius 1 is 1.08 bits per heavy atom. The molecule has 7 heteroatoms. The molecule has 2 aromatic rings. The average molecular weight is 372 g/mol. The highest BCUT2D eigenvalue weighted by molar-refractivity contribution is 7.89. The van der Waals surface area contributed by atoms with Crippen LogP contribution >= 0.6 is 0 Å². The number of carbonyl (C=O) groups excluding carboxylic acids is 2. The fourth-order valence-corrected chi connectivity index (χ4v) is 4.63. The monoisotopic (exact) mass is 372 g/mol. The number of anilines is 1. The van der Waals surface area contributed by atoms with Gasteiger partial charge >= 0.3 is 0 Å². The first-order valence-electron chi connectivity index (χ1n) is 8.29. The van der Waals surface area contributed by atoms with Crippen molar-refractivity contribution >= 4 is 27.5 Å². The third-order valence-corrected chi connectivity index (χ3v) is 6.34. The highest BCUT2D eigenvalue weighted by Gasteiger charge is 2.45. The minimum Gasteiger partial charge on any atom is -0.314 e. The van der Waals surface area contributed by atoms with Crippen molar-refractivity contribution in [3.05, 3.63) is 60.2 Å². The minimum atomic E-state index is -4.07. The highest BCUT2D eigenvalue weighted by Crippen LogP contribution is 2.29. The molecule has 2 amide bonds. The van der Waals surface area contributed by atoms with Crippen molar-refractivity contribution in [3.8, 4) is 0 Å². The quantitative estimate of drug-likeness (QED) is 0.826. The Hall–Kier alpha value is -2.67. The highest BCUT2D eigenvalue weighted by atomic mass is 32.2. The van der Waals surface area contributed by atoms with Gasteiger partial charge in [-0.1, -0.05) is 35.9 Å². The van der Waals surface area contributed by atoms with E-state index in [1.165, 1.54) is 17.0 Å². The summed E-state index contributed by atoms with van der Waals surface area (Å²) < 4.78 is 26.5. The van der Waals surface area contributed by atoms with Crippen LogP contribution in [0.1, 0.15) is 18.4 Å². The lowest BCUT2D eigenvalue weighted by molar-refractivity contribution is -0.129. The number of aryl methyl sites for hydroxylation is 1. The molecule has 0 bridgehead atoms. The van der Waals surface area contributed by atoms with Crippen molar-refractivity contribution < 1.29 is 18.0 Å². The predicted molar refractivity (Wildman–Crippen MR) is 98.1 cm³/mol. The molecule has 1 fully saturated rings. The number of likely N-dealkylation sites (N-methyl/N-ethyl adjacent to an activating group) is 1. The molecule has 1 atom stereocenters. The molecule has 1 aliphatic heterocycles. The molecule has 3 rings (SSSR count). The van der Waals surface area contributed by atoms with E-state index < -0.39 is 27.9 Å². The Kier molecular flexibility index (Phi) is 4.82. The van der Waals surface area contributed by atoms with Gasteiger partial charge in [-0.2, -0.15) is 0 Å². The van der Waals surface area contributed by atoms with E-state index in [2.05, 4.69) is 0 Å². The zero-order valence-corrected chi connectivity index (χ0v) is 15.4. The summed E-state index contributed by atoms with van der Waals surface area (Å²) in [5.41, 5.74) is 1.70. The average Bonchev–Trinajstić information content (AvgIpc) is 3.04. The zero-order chi connectivity index (χ0) is 18.9. The molecule has 1 aliphatic rings. The maximum atomic E-state index is 12.9. The zero-order valence-electron chi connectivity index (χ0n) is 14.6. The lowest BCUT2D eigenvalue weighted by atomic mass is 10.1. The van der Waals surface area contributed by atoms with Crippen LogP contribution in [0.15, 0.2) is 59.5 Å². The Bertz CT molecular complexity index is 924. The van der Waals surface area contributed by atoms with Crippen molar-refractivity contribution in [2.24, 2.45) is 0 Å². The number of carbonyl (C=O) groups is 2. The summed E-state index contributed by atoms with van der Waals surface area (Å²) >= 11 is 0. The molecule has 0 aromatic heterocycles. The van der Waals surface area contributed by atoms with Gasteiger partial charge in [-0.3, -0.25) is 9.59 Å². The van der Waals surface area contributed by atoms with E-state index in [9.17, 15) is 18.0 Å². The van der Waals surface area contributed by atoms with Crippen molar-refractivity contribution in [2.45, 2.75) is 30.7 Å². The lowest BCUT2D eigenvalue weighted by Crippen LogP contribution is -2.48. The van der Waals surface area contributed by atoms with Crippen LogP contribution in [-0.2, 0) is 19.6 Å². The summed E-state index contributed by atoms with van der Waals surface area (Å²) in [6, 6.07) is 14.0. The number of rotatable bonds is 4. The molecule has 0 unspecified atom stereocenters. The van der Waals surface area contributed by atoms with Gasteiger partial charge in [0.25, 0.3) is 15.9 Å². The summed E-state index contributed by atoms with van der Waals surface area (Å²) in [4.78, 5) is 26.6. The van der Waals surface area contributed by atoms with E-state index >= 15 is 0 Å². The maximum Gasteiger partial charge on any atom is 0.267 e. The van der Waals surface area contributed by atoms with Crippen LogP contribution in [0.5, 0.6) is 0 Å². The number of sulfonamides is 1. The Balaban J connectivity index is 1.92. The smallest absolute Gasteiger partial charge is 0.267 e. The molecule has 1 saturated heterocycles. The van der Waals surface area contributed by atoms with Crippen LogP contribution < -0.4 is 4.90 Å². The maximum absolute atomic E-state index is 12.9.